The molecule has 0 aliphatic heterocycles. The van der Waals surface area contributed by atoms with Crippen LogP contribution in [0.15, 0.2) is 0 Å². The second kappa shape index (κ2) is 7.36. The predicted molar refractivity (Wildman–Crippen MR) is 79.8 cm³/mol. The first-order valence-corrected chi connectivity index (χ1v) is 8.54. The van der Waals surface area contributed by atoms with Gasteiger partial charge in [0.15, 0.2) is 0 Å². The third-order valence-corrected chi connectivity index (χ3v) is 3.50. The van der Waals surface area contributed by atoms with Gasteiger partial charge in [0.2, 0.25) is 15.8 Å². The van der Waals surface area contributed by atoms with Gasteiger partial charge < -0.3 is 5.32 Å². The van der Waals surface area contributed by atoms with E-state index in [0.717, 1.165) is 12.7 Å². The van der Waals surface area contributed by atoms with Gasteiger partial charge >= 0.3 is 5.69 Å². The van der Waals surface area contributed by atoms with Gasteiger partial charge in [-0.25, -0.2) is 17.8 Å². The lowest BCUT2D eigenvalue weighted by Crippen LogP contribution is -2.24. The number of anilines is 1. The van der Waals surface area contributed by atoms with Gasteiger partial charge in [-0.3, -0.25) is 10.1 Å². The minimum absolute atomic E-state index is 0.00424. The smallest absolute Gasteiger partial charge is 0.333 e. The number of aryl methyl sites for hydroxylation is 2. The van der Waals surface area contributed by atoms with E-state index < -0.39 is 14.9 Å². The SMILES string of the molecule is CCCc1nn(C)c(NCCCNS(C)(=O)=O)c1[N+](=O)[O-]. The second-order valence-corrected chi connectivity index (χ2v) is 6.55. The van der Waals surface area contributed by atoms with Crippen molar-refractivity contribution in [3.63, 3.8) is 0 Å². The number of sulfonamides is 1. The Kier molecular flexibility index (Phi) is 6.09. The highest BCUT2D eigenvalue weighted by molar-refractivity contribution is 7.88. The van der Waals surface area contributed by atoms with Crippen LogP contribution in [0.3, 0.4) is 0 Å². The molecule has 0 saturated heterocycles. The molecule has 0 spiro atoms. The fourth-order valence-corrected chi connectivity index (χ4v) is 2.43. The van der Waals surface area contributed by atoms with Gasteiger partial charge in [0.1, 0.15) is 5.69 Å². The van der Waals surface area contributed by atoms with Crippen LogP contribution in [-0.2, 0) is 23.5 Å². The Labute approximate surface area is 123 Å². The van der Waals surface area contributed by atoms with Gasteiger partial charge in [0.05, 0.1) is 11.2 Å². The lowest BCUT2D eigenvalue weighted by Gasteiger charge is -2.06. The predicted octanol–water partition coefficient (Wildman–Crippen LogP) is 0.632. The van der Waals surface area contributed by atoms with Gasteiger partial charge in [-0.1, -0.05) is 13.3 Å². The van der Waals surface area contributed by atoms with E-state index in [1.807, 2.05) is 6.92 Å². The van der Waals surface area contributed by atoms with Gasteiger partial charge in [-0.15, -0.1) is 0 Å². The number of aromatic nitrogens is 2. The van der Waals surface area contributed by atoms with Crippen LogP contribution in [0.2, 0.25) is 0 Å². The summed E-state index contributed by atoms with van der Waals surface area (Å²) in [4.78, 5) is 10.7. The topological polar surface area (TPSA) is 119 Å². The van der Waals surface area contributed by atoms with E-state index in [1.165, 1.54) is 4.68 Å². The Morgan fingerprint density at radius 1 is 1.38 bits per heavy atom. The third kappa shape index (κ3) is 5.31. The zero-order valence-electron chi connectivity index (χ0n) is 12.4. The Bertz CT molecular complexity index is 596. The molecule has 1 aromatic rings. The van der Waals surface area contributed by atoms with Crippen LogP contribution in [0.1, 0.15) is 25.5 Å². The molecule has 0 aliphatic carbocycles. The number of rotatable bonds is 9. The molecule has 9 nitrogen and oxygen atoms in total. The van der Waals surface area contributed by atoms with E-state index in [0.29, 0.717) is 30.9 Å². The summed E-state index contributed by atoms with van der Waals surface area (Å²) in [5.74, 6) is 0.350. The molecule has 21 heavy (non-hydrogen) atoms. The zero-order chi connectivity index (χ0) is 16.0. The van der Waals surface area contributed by atoms with Crippen LogP contribution in [-0.4, -0.2) is 42.5 Å². The molecule has 0 radical (unpaired) electrons. The second-order valence-electron chi connectivity index (χ2n) is 4.72. The first-order chi connectivity index (χ1) is 9.76. The number of hydrogen-bond acceptors (Lipinski definition) is 6. The fourth-order valence-electron chi connectivity index (χ4n) is 1.92. The molecule has 0 amide bonds. The molecule has 0 aromatic carbocycles. The molecule has 120 valence electrons. The normalized spacial score (nSPS) is 11.6. The zero-order valence-corrected chi connectivity index (χ0v) is 13.2. The van der Waals surface area contributed by atoms with Crippen LogP contribution in [0, 0.1) is 10.1 Å². The summed E-state index contributed by atoms with van der Waals surface area (Å²) in [5.41, 5.74) is 0.456. The van der Waals surface area contributed by atoms with Crippen molar-refractivity contribution in [2.75, 3.05) is 24.7 Å². The number of nitro groups is 1. The maximum Gasteiger partial charge on any atom is 0.333 e. The quantitative estimate of drug-likeness (QED) is 0.391. The van der Waals surface area contributed by atoms with Crippen LogP contribution >= 0.6 is 0 Å². The summed E-state index contributed by atoms with van der Waals surface area (Å²) < 4.78 is 25.6. The van der Waals surface area contributed by atoms with Gasteiger partial charge in [0.25, 0.3) is 0 Å². The largest absolute Gasteiger partial charge is 0.364 e. The average Bonchev–Trinajstić information content (AvgIpc) is 2.64. The molecule has 0 saturated carbocycles. The highest BCUT2D eigenvalue weighted by Gasteiger charge is 2.25. The van der Waals surface area contributed by atoms with E-state index in [4.69, 9.17) is 0 Å². The van der Waals surface area contributed by atoms with Crippen molar-refractivity contribution in [1.29, 1.82) is 0 Å². The van der Waals surface area contributed by atoms with Crippen molar-refractivity contribution in [3.8, 4) is 0 Å². The molecule has 0 aliphatic rings. The summed E-state index contributed by atoms with van der Waals surface area (Å²) in [5, 5.41) is 18.3. The van der Waals surface area contributed by atoms with Crippen molar-refractivity contribution < 1.29 is 13.3 Å². The monoisotopic (exact) mass is 319 g/mol. The summed E-state index contributed by atoms with van der Waals surface area (Å²) >= 11 is 0. The van der Waals surface area contributed by atoms with Gasteiger partial charge in [-0.05, 0) is 12.8 Å². The van der Waals surface area contributed by atoms with Crippen molar-refractivity contribution >= 4 is 21.5 Å². The first-order valence-electron chi connectivity index (χ1n) is 6.65. The molecular formula is C11H21N5O4S. The first kappa shape index (κ1) is 17.4. The average molecular weight is 319 g/mol. The summed E-state index contributed by atoms with van der Waals surface area (Å²) in [7, 11) is -1.56. The lowest BCUT2D eigenvalue weighted by atomic mass is 10.2. The van der Waals surface area contributed by atoms with Crippen molar-refractivity contribution in [2.24, 2.45) is 7.05 Å². The molecule has 0 unspecified atom stereocenters. The van der Waals surface area contributed by atoms with Crippen LogP contribution < -0.4 is 10.0 Å². The molecule has 2 N–H and O–H groups in total. The van der Waals surface area contributed by atoms with E-state index in [-0.39, 0.29) is 12.2 Å². The molecule has 1 rings (SSSR count). The van der Waals surface area contributed by atoms with Crippen LogP contribution in [0.4, 0.5) is 11.5 Å². The van der Waals surface area contributed by atoms with E-state index in [1.54, 1.807) is 7.05 Å². The standard InChI is InChI=1S/C11H21N5O4S/c1-4-6-9-10(16(17)18)11(15(2)14-9)12-7-5-8-13-21(3,19)20/h12-13H,4-8H2,1-3H3. The molecule has 0 fully saturated rings. The molecule has 0 bridgehead atoms. The highest BCUT2D eigenvalue weighted by Crippen LogP contribution is 2.28. The number of nitrogens with zero attached hydrogens (tertiary/aromatic N) is 3. The number of hydrogen-bond donors (Lipinski definition) is 2. The minimum atomic E-state index is -3.21. The molecule has 10 heteroatoms. The Balaban J connectivity index is 2.68. The molecule has 1 aromatic heterocycles. The van der Waals surface area contributed by atoms with E-state index in [2.05, 4.69) is 15.1 Å². The maximum absolute atomic E-state index is 11.2. The van der Waals surface area contributed by atoms with Crippen LogP contribution in [0.25, 0.3) is 0 Å². The van der Waals surface area contributed by atoms with E-state index in [9.17, 15) is 18.5 Å². The Morgan fingerprint density at radius 2 is 2.05 bits per heavy atom. The summed E-state index contributed by atoms with van der Waals surface area (Å²) in [6.07, 6.45) is 2.92. The fraction of sp³-hybridized carbons (Fsp3) is 0.727. The van der Waals surface area contributed by atoms with Crippen molar-refractivity contribution in [1.82, 2.24) is 14.5 Å². The van der Waals surface area contributed by atoms with Crippen molar-refractivity contribution in [3.05, 3.63) is 15.8 Å². The van der Waals surface area contributed by atoms with Crippen molar-refractivity contribution in [2.45, 2.75) is 26.2 Å². The molecule has 0 atom stereocenters. The Morgan fingerprint density at radius 3 is 2.57 bits per heavy atom. The lowest BCUT2D eigenvalue weighted by molar-refractivity contribution is -0.384. The molecule has 1 heterocycles. The van der Waals surface area contributed by atoms with E-state index >= 15 is 0 Å². The molecular weight excluding hydrogens is 298 g/mol. The summed E-state index contributed by atoms with van der Waals surface area (Å²) in [6, 6.07) is 0. The Hall–Kier alpha value is -1.68. The summed E-state index contributed by atoms with van der Waals surface area (Å²) in [6.45, 7) is 2.62. The van der Waals surface area contributed by atoms with Crippen LogP contribution in [0.5, 0.6) is 0 Å². The van der Waals surface area contributed by atoms with Gasteiger partial charge in [-0.2, -0.15) is 5.10 Å². The highest BCUT2D eigenvalue weighted by atomic mass is 32.2. The maximum atomic E-state index is 11.2. The van der Waals surface area contributed by atoms with Gasteiger partial charge in [0, 0.05) is 20.1 Å². The third-order valence-electron chi connectivity index (χ3n) is 2.77. The number of nitrogens with one attached hydrogen (secondary N) is 2. The minimum Gasteiger partial charge on any atom is -0.364 e.